The minimum atomic E-state index is 0.700. The lowest BCUT2D eigenvalue weighted by atomic mass is 9.82. The van der Waals surface area contributed by atoms with E-state index in [9.17, 15) is 0 Å². The zero-order chi connectivity index (χ0) is 20.1. The molecule has 0 nitrogen and oxygen atoms in total. The predicted molar refractivity (Wildman–Crippen MR) is 127 cm³/mol. The Balaban J connectivity index is 1.76. The first-order valence-corrected chi connectivity index (χ1v) is 12.6. The van der Waals surface area contributed by atoms with E-state index in [1.54, 1.807) is 5.57 Å². The molecule has 0 radical (unpaired) electrons. The van der Waals surface area contributed by atoms with E-state index in [-0.39, 0.29) is 0 Å². The van der Waals surface area contributed by atoms with Crippen molar-refractivity contribution < 1.29 is 0 Å². The normalized spacial score (nSPS) is 26.3. The van der Waals surface area contributed by atoms with Gasteiger partial charge in [0, 0.05) is 0 Å². The fourth-order valence-electron chi connectivity index (χ4n) is 5.56. The summed E-state index contributed by atoms with van der Waals surface area (Å²) in [6.07, 6.45) is 34.5. The molecule has 28 heavy (non-hydrogen) atoms. The third-order valence-corrected chi connectivity index (χ3v) is 7.50. The zero-order valence-corrected chi connectivity index (χ0v) is 19.4. The van der Waals surface area contributed by atoms with Gasteiger partial charge in [-0.25, -0.2) is 0 Å². The van der Waals surface area contributed by atoms with Crippen LogP contribution in [-0.2, 0) is 0 Å². The summed E-state index contributed by atoms with van der Waals surface area (Å²) in [7, 11) is 0. The van der Waals surface area contributed by atoms with Crippen molar-refractivity contribution in [2.75, 3.05) is 0 Å². The molecule has 0 heteroatoms. The second-order valence-corrected chi connectivity index (χ2v) is 10.0. The van der Waals surface area contributed by atoms with Gasteiger partial charge in [0.25, 0.3) is 0 Å². The highest BCUT2D eigenvalue weighted by molar-refractivity contribution is 5.23. The molecule has 0 aliphatic heterocycles. The summed E-state index contributed by atoms with van der Waals surface area (Å²) >= 11 is 0. The minimum Gasteiger partial charge on any atom is -0.0914 e. The van der Waals surface area contributed by atoms with Crippen LogP contribution in [0.1, 0.15) is 124 Å². The van der Waals surface area contributed by atoms with Gasteiger partial charge in [0.2, 0.25) is 0 Å². The van der Waals surface area contributed by atoms with Crippen LogP contribution >= 0.6 is 0 Å². The molecule has 0 N–H and O–H groups in total. The molecule has 2 aliphatic carbocycles. The van der Waals surface area contributed by atoms with Crippen LogP contribution in [0.15, 0.2) is 36.0 Å². The average molecular weight is 385 g/mol. The van der Waals surface area contributed by atoms with Crippen molar-refractivity contribution >= 4 is 0 Å². The molecule has 0 saturated heterocycles. The van der Waals surface area contributed by atoms with Crippen LogP contribution in [0.5, 0.6) is 0 Å². The van der Waals surface area contributed by atoms with E-state index in [4.69, 9.17) is 0 Å². The summed E-state index contributed by atoms with van der Waals surface area (Å²) < 4.78 is 0. The highest BCUT2D eigenvalue weighted by Gasteiger charge is 2.28. The Morgan fingerprint density at radius 3 is 2.54 bits per heavy atom. The van der Waals surface area contributed by atoms with Gasteiger partial charge in [-0.1, -0.05) is 95.6 Å². The predicted octanol–water partition coefficient (Wildman–Crippen LogP) is 9.57. The molecule has 2 unspecified atom stereocenters. The number of rotatable bonds is 11. The highest BCUT2D eigenvalue weighted by Crippen LogP contribution is 2.42. The van der Waals surface area contributed by atoms with Crippen LogP contribution in [0.4, 0.5) is 0 Å². The second-order valence-electron chi connectivity index (χ2n) is 10.0. The quantitative estimate of drug-likeness (QED) is 0.144. The maximum Gasteiger partial charge on any atom is -0.0163 e. The van der Waals surface area contributed by atoms with Crippen molar-refractivity contribution in [3.05, 3.63) is 36.0 Å². The van der Waals surface area contributed by atoms with E-state index in [0.717, 1.165) is 18.3 Å². The number of unbranched alkanes of at least 4 members (excludes halogenated alkanes) is 2. The van der Waals surface area contributed by atoms with Crippen LogP contribution in [0.2, 0.25) is 0 Å². The second kappa shape index (κ2) is 13.4. The largest absolute Gasteiger partial charge is 0.0914 e. The third-order valence-electron chi connectivity index (χ3n) is 7.50. The fourth-order valence-corrected chi connectivity index (χ4v) is 5.56. The SMILES string of the molecule is CC=CCC=C(C=CCCC)C1CCCC(CCCCC2(C)CCCC2)CC1. The van der Waals surface area contributed by atoms with Gasteiger partial charge in [0.15, 0.2) is 0 Å². The van der Waals surface area contributed by atoms with Gasteiger partial charge in [0.1, 0.15) is 0 Å². The first kappa shape index (κ1) is 23.5. The number of hydrogen-bond acceptors (Lipinski definition) is 0. The van der Waals surface area contributed by atoms with Crippen molar-refractivity contribution in [1.29, 1.82) is 0 Å². The summed E-state index contributed by atoms with van der Waals surface area (Å²) in [5.74, 6) is 1.80. The van der Waals surface area contributed by atoms with Crippen LogP contribution in [0.3, 0.4) is 0 Å². The van der Waals surface area contributed by atoms with Crippen LogP contribution in [-0.4, -0.2) is 0 Å². The van der Waals surface area contributed by atoms with Gasteiger partial charge in [-0.05, 0) is 81.1 Å². The highest BCUT2D eigenvalue weighted by atomic mass is 14.3. The van der Waals surface area contributed by atoms with Crippen molar-refractivity contribution in [2.24, 2.45) is 17.3 Å². The number of allylic oxidation sites excluding steroid dienone is 6. The number of hydrogen-bond donors (Lipinski definition) is 0. The monoisotopic (exact) mass is 384 g/mol. The Morgan fingerprint density at radius 2 is 1.79 bits per heavy atom. The van der Waals surface area contributed by atoms with Gasteiger partial charge < -0.3 is 0 Å². The maximum atomic E-state index is 2.55. The lowest BCUT2D eigenvalue weighted by Gasteiger charge is -2.23. The summed E-state index contributed by atoms with van der Waals surface area (Å²) in [4.78, 5) is 0. The molecular weight excluding hydrogens is 336 g/mol. The van der Waals surface area contributed by atoms with E-state index in [1.807, 2.05) is 0 Å². The van der Waals surface area contributed by atoms with Crippen LogP contribution in [0, 0.1) is 17.3 Å². The van der Waals surface area contributed by atoms with Crippen molar-refractivity contribution in [3.63, 3.8) is 0 Å². The van der Waals surface area contributed by atoms with E-state index in [2.05, 4.69) is 51.2 Å². The van der Waals surface area contributed by atoms with Gasteiger partial charge in [-0.2, -0.15) is 0 Å². The molecule has 0 amide bonds. The molecule has 0 aromatic rings. The molecule has 2 saturated carbocycles. The molecule has 0 bridgehead atoms. The summed E-state index contributed by atoms with van der Waals surface area (Å²) in [6.45, 7) is 6.95. The molecule has 160 valence electrons. The molecule has 0 aromatic carbocycles. The smallest absolute Gasteiger partial charge is 0.0163 e. The first-order valence-electron chi connectivity index (χ1n) is 12.6. The summed E-state index contributed by atoms with van der Waals surface area (Å²) in [5, 5.41) is 0. The third kappa shape index (κ3) is 8.71. The standard InChI is InChI=1S/C28H48/c1-4-6-8-17-26(18-9-7-5-2)27-19-14-16-25(20-21-27)15-10-11-22-28(3)23-12-13-24-28/h4,6,9,17-18,25,27H,5,7-8,10-16,19-24H2,1-3H3. The fraction of sp³-hybridized carbons (Fsp3) is 0.786. The summed E-state index contributed by atoms with van der Waals surface area (Å²) in [5.41, 5.74) is 2.33. The van der Waals surface area contributed by atoms with Gasteiger partial charge in [-0.3, -0.25) is 0 Å². The zero-order valence-electron chi connectivity index (χ0n) is 19.4. The Hall–Kier alpha value is -0.780. The van der Waals surface area contributed by atoms with E-state index >= 15 is 0 Å². The molecule has 2 rings (SSSR count). The topological polar surface area (TPSA) is 0 Å². The molecular formula is C28H48. The summed E-state index contributed by atoms with van der Waals surface area (Å²) in [6, 6.07) is 0. The van der Waals surface area contributed by atoms with E-state index in [1.165, 1.54) is 96.3 Å². The Labute approximate surface area is 177 Å². The average Bonchev–Trinajstić information content (AvgIpc) is 2.99. The van der Waals surface area contributed by atoms with Gasteiger partial charge >= 0.3 is 0 Å². The van der Waals surface area contributed by atoms with Gasteiger partial charge in [0.05, 0.1) is 0 Å². The maximum absolute atomic E-state index is 2.55. The molecule has 2 atom stereocenters. The van der Waals surface area contributed by atoms with Crippen LogP contribution in [0.25, 0.3) is 0 Å². The van der Waals surface area contributed by atoms with Gasteiger partial charge in [-0.15, -0.1) is 0 Å². The minimum absolute atomic E-state index is 0.700. The van der Waals surface area contributed by atoms with Crippen molar-refractivity contribution in [3.8, 4) is 0 Å². The molecule has 2 aliphatic rings. The van der Waals surface area contributed by atoms with Crippen molar-refractivity contribution in [2.45, 2.75) is 124 Å². The van der Waals surface area contributed by atoms with Crippen LogP contribution < -0.4 is 0 Å². The molecule has 2 fully saturated rings. The van der Waals surface area contributed by atoms with Crippen molar-refractivity contribution in [1.82, 2.24) is 0 Å². The molecule has 0 aromatic heterocycles. The first-order chi connectivity index (χ1) is 13.7. The lowest BCUT2D eigenvalue weighted by molar-refractivity contribution is 0.287. The Morgan fingerprint density at radius 1 is 0.964 bits per heavy atom. The van der Waals surface area contributed by atoms with E-state index < -0.39 is 0 Å². The molecule has 0 spiro atoms. The Kier molecular flexibility index (Phi) is 11.3. The Bertz CT molecular complexity index is 486. The molecule has 0 heterocycles. The lowest BCUT2D eigenvalue weighted by Crippen LogP contribution is -2.10. The van der Waals surface area contributed by atoms with E-state index in [0.29, 0.717) is 5.41 Å².